The third-order valence-electron chi connectivity index (χ3n) is 2.59. The molecule has 1 unspecified atom stereocenters. The summed E-state index contributed by atoms with van der Waals surface area (Å²) in [5, 5.41) is 8.73. The average Bonchev–Trinajstić information content (AvgIpc) is 2.94. The second-order valence-corrected chi connectivity index (χ2v) is 4.11. The minimum Gasteiger partial charge on any atom is -0.299 e. The molecule has 2 heteroatoms. The summed E-state index contributed by atoms with van der Waals surface area (Å²) in [6, 6.07) is 3.12. The fourth-order valence-corrected chi connectivity index (χ4v) is 1.62. The fourth-order valence-electron chi connectivity index (χ4n) is 1.62. The molecule has 1 atom stereocenters. The van der Waals surface area contributed by atoms with Gasteiger partial charge in [-0.1, -0.05) is 13.3 Å². The minimum absolute atomic E-state index is 0.192. The van der Waals surface area contributed by atoms with Gasteiger partial charge in [0.2, 0.25) is 0 Å². The summed E-state index contributed by atoms with van der Waals surface area (Å²) < 4.78 is 0. The molecule has 13 heavy (non-hydrogen) atoms. The Labute approximate surface area is 81.5 Å². The predicted octanol–water partition coefficient (Wildman–Crippen LogP) is 2.41. The molecular formula is C11H20N2. The molecule has 0 aromatic rings. The van der Waals surface area contributed by atoms with Crippen LogP contribution in [0.1, 0.15) is 39.5 Å². The third-order valence-corrected chi connectivity index (χ3v) is 2.59. The summed E-state index contributed by atoms with van der Waals surface area (Å²) in [5.41, 5.74) is 0. The maximum Gasteiger partial charge on any atom is 0.0666 e. The van der Waals surface area contributed by atoms with Gasteiger partial charge in [-0.15, -0.1) is 0 Å². The number of rotatable bonds is 6. The second-order valence-electron chi connectivity index (χ2n) is 4.11. The van der Waals surface area contributed by atoms with Gasteiger partial charge in [0.25, 0.3) is 0 Å². The van der Waals surface area contributed by atoms with E-state index in [1.54, 1.807) is 0 Å². The van der Waals surface area contributed by atoms with Crippen LogP contribution in [0.2, 0.25) is 0 Å². The Morgan fingerprint density at radius 3 is 2.69 bits per heavy atom. The van der Waals surface area contributed by atoms with Crippen molar-refractivity contribution in [2.45, 2.75) is 45.6 Å². The normalized spacial score (nSPS) is 18.6. The number of unbranched alkanes of at least 4 members (excludes halogenated alkanes) is 1. The van der Waals surface area contributed by atoms with Crippen molar-refractivity contribution in [2.75, 3.05) is 13.1 Å². The first kappa shape index (κ1) is 10.5. The summed E-state index contributed by atoms with van der Waals surface area (Å²) in [7, 11) is 0. The molecule has 0 saturated heterocycles. The maximum atomic E-state index is 8.73. The molecule has 0 spiro atoms. The molecule has 0 heterocycles. The zero-order valence-corrected chi connectivity index (χ0v) is 8.79. The van der Waals surface area contributed by atoms with Gasteiger partial charge in [-0.25, -0.2) is 0 Å². The highest BCUT2D eigenvalue weighted by atomic mass is 15.2. The van der Waals surface area contributed by atoms with Crippen LogP contribution in [0.5, 0.6) is 0 Å². The molecular weight excluding hydrogens is 160 g/mol. The van der Waals surface area contributed by atoms with Gasteiger partial charge in [-0.2, -0.15) is 5.26 Å². The lowest BCUT2D eigenvalue weighted by Gasteiger charge is -2.22. The van der Waals surface area contributed by atoms with E-state index in [2.05, 4.69) is 17.9 Å². The highest BCUT2D eigenvalue weighted by molar-refractivity contribution is 4.89. The Hall–Kier alpha value is -0.550. The summed E-state index contributed by atoms with van der Waals surface area (Å²) in [6.07, 6.45) is 5.22. The number of hydrogen-bond acceptors (Lipinski definition) is 2. The molecule has 0 amide bonds. The molecule has 74 valence electrons. The van der Waals surface area contributed by atoms with Gasteiger partial charge < -0.3 is 0 Å². The summed E-state index contributed by atoms with van der Waals surface area (Å²) in [4.78, 5) is 2.50. The first-order chi connectivity index (χ1) is 6.27. The van der Waals surface area contributed by atoms with Gasteiger partial charge >= 0.3 is 0 Å². The van der Waals surface area contributed by atoms with Crippen molar-refractivity contribution in [3.05, 3.63) is 0 Å². The van der Waals surface area contributed by atoms with E-state index in [0.29, 0.717) is 0 Å². The van der Waals surface area contributed by atoms with E-state index >= 15 is 0 Å². The van der Waals surface area contributed by atoms with Crippen LogP contribution >= 0.6 is 0 Å². The molecule has 1 rings (SSSR count). The Bertz CT molecular complexity index is 179. The Morgan fingerprint density at radius 1 is 1.54 bits per heavy atom. The van der Waals surface area contributed by atoms with Crippen LogP contribution in [0.4, 0.5) is 0 Å². The summed E-state index contributed by atoms with van der Waals surface area (Å²) >= 11 is 0. The van der Waals surface area contributed by atoms with Crippen molar-refractivity contribution < 1.29 is 0 Å². The van der Waals surface area contributed by atoms with Crippen molar-refractivity contribution in [2.24, 2.45) is 5.92 Å². The summed E-state index contributed by atoms with van der Waals surface area (Å²) in [6.45, 7) is 6.40. The third kappa shape index (κ3) is 3.78. The molecule has 0 aliphatic heterocycles. The quantitative estimate of drug-likeness (QED) is 0.627. The van der Waals surface area contributed by atoms with E-state index in [9.17, 15) is 0 Å². The largest absolute Gasteiger partial charge is 0.299 e. The first-order valence-corrected chi connectivity index (χ1v) is 5.41. The van der Waals surface area contributed by atoms with Crippen LogP contribution in [0.3, 0.4) is 0 Å². The van der Waals surface area contributed by atoms with Crippen LogP contribution in [0.25, 0.3) is 0 Å². The number of nitriles is 1. The van der Waals surface area contributed by atoms with Crippen molar-refractivity contribution in [3.63, 3.8) is 0 Å². The van der Waals surface area contributed by atoms with Gasteiger partial charge in [0.05, 0.1) is 12.0 Å². The zero-order valence-electron chi connectivity index (χ0n) is 8.79. The molecule has 1 aliphatic carbocycles. The van der Waals surface area contributed by atoms with Crippen molar-refractivity contribution >= 4 is 0 Å². The van der Waals surface area contributed by atoms with Crippen molar-refractivity contribution in [1.29, 1.82) is 5.26 Å². The lowest BCUT2D eigenvalue weighted by atomic mass is 10.2. The fraction of sp³-hybridized carbons (Fsp3) is 0.909. The van der Waals surface area contributed by atoms with Gasteiger partial charge in [-0.05, 0) is 32.7 Å². The predicted molar refractivity (Wildman–Crippen MR) is 54.3 cm³/mol. The van der Waals surface area contributed by atoms with E-state index in [-0.39, 0.29) is 5.92 Å². The monoisotopic (exact) mass is 180 g/mol. The van der Waals surface area contributed by atoms with Crippen LogP contribution in [-0.2, 0) is 0 Å². The minimum atomic E-state index is 0.192. The van der Waals surface area contributed by atoms with E-state index in [4.69, 9.17) is 5.26 Å². The van der Waals surface area contributed by atoms with Crippen LogP contribution in [0, 0.1) is 17.2 Å². The Morgan fingerprint density at radius 2 is 2.23 bits per heavy atom. The van der Waals surface area contributed by atoms with Crippen molar-refractivity contribution in [3.8, 4) is 6.07 Å². The van der Waals surface area contributed by atoms with Crippen LogP contribution in [-0.4, -0.2) is 24.0 Å². The first-order valence-electron chi connectivity index (χ1n) is 5.41. The van der Waals surface area contributed by atoms with Gasteiger partial charge in [0.1, 0.15) is 0 Å². The molecule has 0 bridgehead atoms. The lowest BCUT2D eigenvalue weighted by Crippen LogP contribution is -2.31. The molecule has 0 N–H and O–H groups in total. The second kappa shape index (κ2) is 5.24. The lowest BCUT2D eigenvalue weighted by molar-refractivity contribution is 0.242. The maximum absolute atomic E-state index is 8.73. The molecule has 1 saturated carbocycles. The highest BCUT2D eigenvalue weighted by Gasteiger charge is 2.28. The smallest absolute Gasteiger partial charge is 0.0666 e. The molecule has 2 nitrogen and oxygen atoms in total. The average molecular weight is 180 g/mol. The van der Waals surface area contributed by atoms with Gasteiger partial charge in [0.15, 0.2) is 0 Å². The number of nitrogens with zero attached hydrogens (tertiary/aromatic N) is 2. The Balaban J connectivity index is 2.25. The van der Waals surface area contributed by atoms with Gasteiger partial charge in [-0.3, -0.25) is 4.90 Å². The van der Waals surface area contributed by atoms with E-state index in [1.165, 1.54) is 32.2 Å². The van der Waals surface area contributed by atoms with E-state index in [0.717, 1.165) is 12.6 Å². The standard InChI is InChI=1S/C11H20N2/c1-3-4-7-13(11-5-6-11)9-10(2)8-12/h10-11H,3-7,9H2,1-2H3. The van der Waals surface area contributed by atoms with Crippen LogP contribution in [0.15, 0.2) is 0 Å². The summed E-state index contributed by atoms with van der Waals surface area (Å²) in [5.74, 6) is 0.192. The molecule has 0 radical (unpaired) electrons. The van der Waals surface area contributed by atoms with Crippen LogP contribution < -0.4 is 0 Å². The molecule has 1 aliphatic rings. The zero-order chi connectivity index (χ0) is 9.68. The molecule has 0 aromatic heterocycles. The SMILES string of the molecule is CCCCN(CC(C)C#N)C1CC1. The number of hydrogen-bond donors (Lipinski definition) is 0. The topological polar surface area (TPSA) is 27.0 Å². The van der Waals surface area contributed by atoms with E-state index < -0.39 is 0 Å². The molecule has 0 aromatic carbocycles. The van der Waals surface area contributed by atoms with E-state index in [1.807, 2.05) is 6.92 Å². The highest BCUT2D eigenvalue weighted by Crippen LogP contribution is 2.27. The van der Waals surface area contributed by atoms with Crippen molar-refractivity contribution in [1.82, 2.24) is 4.90 Å². The molecule has 1 fully saturated rings. The Kier molecular flexibility index (Phi) is 4.24. The van der Waals surface area contributed by atoms with Gasteiger partial charge in [0, 0.05) is 12.6 Å².